The van der Waals surface area contributed by atoms with Gasteiger partial charge < -0.3 is 10.4 Å². The minimum atomic E-state index is 0.320. The van der Waals surface area contributed by atoms with Crippen molar-refractivity contribution in [2.75, 3.05) is 26.2 Å². The van der Waals surface area contributed by atoms with E-state index in [-0.39, 0.29) is 0 Å². The lowest BCUT2D eigenvalue weighted by Crippen LogP contribution is -2.45. The minimum absolute atomic E-state index is 0.320. The molecule has 0 heterocycles. The number of hydrogen-bond donors (Lipinski definition) is 2. The van der Waals surface area contributed by atoms with Crippen molar-refractivity contribution in [2.24, 2.45) is 0 Å². The Morgan fingerprint density at radius 1 is 1.33 bits per heavy atom. The Balaban J connectivity index is 2.16. The van der Waals surface area contributed by atoms with Gasteiger partial charge in [0.15, 0.2) is 0 Å². The summed E-state index contributed by atoms with van der Waals surface area (Å²) < 4.78 is 0. The Bertz CT molecular complexity index is 158. The van der Waals surface area contributed by atoms with E-state index in [2.05, 4.69) is 24.1 Å². The Labute approximate surface area is 93.9 Å². The average molecular weight is 214 g/mol. The van der Waals surface area contributed by atoms with Gasteiger partial charge >= 0.3 is 0 Å². The van der Waals surface area contributed by atoms with Crippen molar-refractivity contribution in [3.8, 4) is 0 Å². The number of nitrogens with zero attached hydrogens (tertiary/aromatic N) is 1. The third kappa shape index (κ3) is 4.96. The molecule has 0 amide bonds. The molecule has 0 saturated heterocycles. The summed E-state index contributed by atoms with van der Waals surface area (Å²) in [6.07, 6.45) is 5.01. The summed E-state index contributed by atoms with van der Waals surface area (Å²) >= 11 is 0. The molecular formula is C12H26N2O. The summed E-state index contributed by atoms with van der Waals surface area (Å²) in [7, 11) is 0. The van der Waals surface area contributed by atoms with Crippen LogP contribution in [0.2, 0.25) is 0 Å². The fourth-order valence-electron chi connectivity index (χ4n) is 2.00. The van der Waals surface area contributed by atoms with Crippen molar-refractivity contribution in [2.45, 2.75) is 51.6 Å². The highest BCUT2D eigenvalue weighted by Crippen LogP contribution is 2.24. The van der Waals surface area contributed by atoms with Crippen molar-refractivity contribution in [1.29, 1.82) is 0 Å². The zero-order valence-electron chi connectivity index (χ0n) is 10.2. The summed E-state index contributed by atoms with van der Waals surface area (Å²) in [5, 5.41) is 12.3. The number of aliphatic hydroxyl groups excluding tert-OH is 1. The van der Waals surface area contributed by atoms with E-state index in [0.29, 0.717) is 12.6 Å². The van der Waals surface area contributed by atoms with E-state index >= 15 is 0 Å². The summed E-state index contributed by atoms with van der Waals surface area (Å²) in [6, 6.07) is 1.37. The smallest absolute Gasteiger partial charge is 0.0443 e. The van der Waals surface area contributed by atoms with Gasteiger partial charge in [-0.15, -0.1) is 0 Å². The maximum Gasteiger partial charge on any atom is 0.0443 e. The van der Waals surface area contributed by atoms with E-state index in [4.69, 9.17) is 5.11 Å². The first kappa shape index (κ1) is 12.9. The SMILES string of the molecule is CC(C)NCCN(CCCO)C1CCC1. The summed E-state index contributed by atoms with van der Waals surface area (Å²) in [6.45, 7) is 7.94. The van der Waals surface area contributed by atoms with Crippen LogP contribution in [0.4, 0.5) is 0 Å². The van der Waals surface area contributed by atoms with Crippen LogP contribution >= 0.6 is 0 Å². The average Bonchev–Trinajstić information content (AvgIpc) is 2.10. The highest BCUT2D eigenvalue weighted by molar-refractivity contribution is 4.80. The van der Waals surface area contributed by atoms with Gasteiger partial charge in [-0.3, -0.25) is 4.90 Å². The van der Waals surface area contributed by atoms with Crippen LogP contribution in [0.5, 0.6) is 0 Å². The van der Waals surface area contributed by atoms with Crippen LogP contribution in [0.1, 0.15) is 39.5 Å². The predicted octanol–water partition coefficient (Wildman–Crippen LogP) is 1.22. The van der Waals surface area contributed by atoms with Crippen LogP contribution in [0.3, 0.4) is 0 Å². The standard InChI is InChI=1S/C12H26N2O/c1-11(2)13-7-9-14(8-4-10-15)12-5-3-6-12/h11-13,15H,3-10H2,1-2H3. The van der Waals surface area contributed by atoms with Crippen molar-refractivity contribution >= 4 is 0 Å². The monoisotopic (exact) mass is 214 g/mol. The van der Waals surface area contributed by atoms with Crippen LogP contribution in [0.15, 0.2) is 0 Å². The molecule has 0 aromatic rings. The highest BCUT2D eigenvalue weighted by Gasteiger charge is 2.23. The van der Waals surface area contributed by atoms with E-state index in [0.717, 1.165) is 32.1 Å². The minimum Gasteiger partial charge on any atom is -0.396 e. The molecule has 0 atom stereocenters. The molecule has 90 valence electrons. The molecule has 0 aromatic carbocycles. The zero-order chi connectivity index (χ0) is 11.1. The Morgan fingerprint density at radius 2 is 2.07 bits per heavy atom. The van der Waals surface area contributed by atoms with Crippen LogP contribution in [-0.4, -0.2) is 48.3 Å². The lowest BCUT2D eigenvalue weighted by Gasteiger charge is -2.37. The third-order valence-electron chi connectivity index (χ3n) is 3.15. The third-order valence-corrected chi connectivity index (χ3v) is 3.15. The van der Waals surface area contributed by atoms with Gasteiger partial charge in [0.05, 0.1) is 0 Å². The van der Waals surface area contributed by atoms with E-state index in [9.17, 15) is 0 Å². The van der Waals surface area contributed by atoms with Gasteiger partial charge in [-0.2, -0.15) is 0 Å². The molecule has 0 aromatic heterocycles. The predicted molar refractivity (Wildman–Crippen MR) is 64.1 cm³/mol. The molecule has 1 rings (SSSR count). The topological polar surface area (TPSA) is 35.5 Å². The molecule has 2 N–H and O–H groups in total. The second-order valence-corrected chi connectivity index (χ2v) is 4.81. The van der Waals surface area contributed by atoms with Crippen LogP contribution in [0, 0.1) is 0 Å². The maximum absolute atomic E-state index is 8.86. The van der Waals surface area contributed by atoms with Gasteiger partial charge in [-0.05, 0) is 19.3 Å². The molecule has 15 heavy (non-hydrogen) atoms. The van der Waals surface area contributed by atoms with Gasteiger partial charge in [0.1, 0.15) is 0 Å². The number of rotatable bonds is 8. The van der Waals surface area contributed by atoms with E-state index in [1.54, 1.807) is 0 Å². The molecule has 0 spiro atoms. The largest absolute Gasteiger partial charge is 0.396 e. The van der Waals surface area contributed by atoms with Crippen molar-refractivity contribution < 1.29 is 5.11 Å². The second-order valence-electron chi connectivity index (χ2n) is 4.81. The first-order chi connectivity index (χ1) is 7.24. The first-order valence-corrected chi connectivity index (χ1v) is 6.32. The Kier molecular flexibility index (Phi) is 6.22. The molecule has 3 heteroatoms. The summed E-state index contributed by atoms with van der Waals surface area (Å²) in [5.41, 5.74) is 0. The molecule has 0 radical (unpaired) electrons. The number of nitrogens with one attached hydrogen (secondary N) is 1. The highest BCUT2D eigenvalue weighted by atomic mass is 16.3. The van der Waals surface area contributed by atoms with Crippen molar-refractivity contribution in [3.05, 3.63) is 0 Å². The molecular weight excluding hydrogens is 188 g/mol. The van der Waals surface area contributed by atoms with E-state index < -0.39 is 0 Å². The summed E-state index contributed by atoms with van der Waals surface area (Å²) in [5.74, 6) is 0. The van der Waals surface area contributed by atoms with Gasteiger partial charge in [0, 0.05) is 38.3 Å². The Hall–Kier alpha value is -0.120. The van der Waals surface area contributed by atoms with Crippen molar-refractivity contribution in [1.82, 2.24) is 10.2 Å². The molecule has 1 aliphatic rings. The second kappa shape index (κ2) is 7.20. The Morgan fingerprint density at radius 3 is 2.53 bits per heavy atom. The van der Waals surface area contributed by atoms with Gasteiger partial charge in [0.2, 0.25) is 0 Å². The molecule has 1 saturated carbocycles. The first-order valence-electron chi connectivity index (χ1n) is 6.32. The summed E-state index contributed by atoms with van der Waals surface area (Å²) in [4.78, 5) is 2.54. The van der Waals surface area contributed by atoms with E-state index in [1.165, 1.54) is 19.3 Å². The van der Waals surface area contributed by atoms with Crippen LogP contribution in [0.25, 0.3) is 0 Å². The fourth-order valence-corrected chi connectivity index (χ4v) is 2.00. The maximum atomic E-state index is 8.86. The normalized spacial score (nSPS) is 17.4. The molecule has 0 aliphatic heterocycles. The number of aliphatic hydroxyl groups is 1. The molecule has 1 aliphatic carbocycles. The van der Waals surface area contributed by atoms with E-state index in [1.807, 2.05) is 0 Å². The molecule has 0 bridgehead atoms. The number of hydrogen-bond acceptors (Lipinski definition) is 3. The van der Waals surface area contributed by atoms with Gasteiger partial charge in [-0.1, -0.05) is 20.3 Å². The fraction of sp³-hybridized carbons (Fsp3) is 1.00. The van der Waals surface area contributed by atoms with Crippen molar-refractivity contribution in [3.63, 3.8) is 0 Å². The van der Waals surface area contributed by atoms with Gasteiger partial charge in [-0.25, -0.2) is 0 Å². The lowest BCUT2D eigenvalue weighted by molar-refractivity contribution is 0.117. The molecule has 3 nitrogen and oxygen atoms in total. The quantitative estimate of drug-likeness (QED) is 0.638. The lowest BCUT2D eigenvalue weighted by atomic mass is 9.91. The molecule has 0 unspecified atom stereocenters. The zero-order valence-corrected chi connectivity index (χ0v) is 10.2. The van der Waals surface area contributed by atoms with Crippen LogP contribution < -0.4 is 5.32 Å². The van der Waals surface area contributed by atoms with Gasteiger partial charge in [0.25, 0.3) is 0 Å². The van der Waals surface area contributed by atoms with Crippen LogP contribution in [-0.2, 0) is 0 Å². The molecule has 1 fully saturated rings.